The molecule has 1 atom stereocenters. The molecule has 0 aliphatic heterocycles. The Kier molecular flexibility index (Phi) is 5.18. The summed E-state index contributed by atoms with van der Waals surface area (Å²) in [5.41, 5.74) is 3.16. The zero-order valence-corrected chi connectivity index (χ0v) is 15.5. The van der Waals surface area contributed by atoms with Gasteiger partial charge in [-0.05, 0) is 45.6 Å². The fourth-order valence-electron chi connectivity index (χ4n) is 3.22. The number of carbonyl (C=O) groups excluding carboxylic acids is 1. The smallest absolute Gasteiger partial charge is 0.223 e. The highest BCUT2D eigenvalue weighted by molar-refractivity contribution is 7.90. The van der Waals surface area contributed by atoms with Crippen LogP contribution in [0.3, 0.4) is 0 Å². The van der Waals surface area contributed by atoms with Crippen molar-refractivity contribution in [1.82, 2.24) is 14.7 Å². The second-order valence-corrected chi connectivity index (χ2v) is 8.93. The van der Waals surface area contributed by atoms with Crippen LogP contribution in [0.2, 0.25) is 0 Å². The molecule has 6 nitrogen and oxygen atoms in total. The molecule has 1 heterocycles. The molecular formula is C16H27N3O3S. The molecule has 130 valence electrons. The van der Waals surface area contributed by atoms with Gasteiger partial charge < -0.3 is 4.90 Å². The first-order valence-electron chi connectivity index (χ1n) is 8.08. The average Bonchev–Trinajstić information content (AvgIpc) is 3.17. The van der Waals surface area contributed by atoms with E-state index in [0.717, 1.165) is 29.8 Å². The Labute approximate surface area is 138 Å². The first-order valence-corrected chi connectivity index (χ1v) is 10.1. The molecule has 2 rings (SSSR count). The molecule has 1 aliphatic rings. The maximum atomic E-state index is 12.7. The van der Waals surface area contributed by atoms with Gasteiger partial charge in [0.1, 0.15) is 9.84 Å². The van der Waals surface area contributed by atoms with Gasteiger partial charge >= 0.3 is 0 Å². The van der Waals surface area contributed by atoms with Gasteiger partial charge in [0.15, 0.2) is 0 Å². The van der Waals surface area contributed by atoms with Crippen LogP contribution in [-0.4, -0.2) is 53.1 Å². The van der Waals surface area contributed by atoms with E-state index in [2.05, 4.69) is 5.10 Å². The summed E-state index contributed by atoms with van der Waals surface area (Å²) >= 11 is 0. The molecular weight excluding hydrogens is 314 g/mol. The Bertz CT molecular complexity index is 690. The molecule has 1 unspecified atom stereocenters. The quantitative estimate of drug-likeness (QED) is 0.751. The number of nitrogens with zero attached hydrogens (tertiary/aromatic N) is 3. The standard InChI is InChI=1S/C16H27N3O3S/c1-11(10-23(5,21)22)19(14-6-7-14)16(20)9-8-15-12(2)17-18(4)13(15)3/h11,14H,6-10H2,1-5H3. The lowest BCUT2D eigenvalue weighted by molar-refractivity contribution is -0.133. The molecule has 1 fully saturated rings. The third-order valence-corrected chi connectivity index (χ3v) is 5.58. The second kappa shape index (κ2) is 6.63. The predicted molar refractivity (Wildman–Crippen MR) is 90.0 cm³/mol. The minimum Gasteiger partial charge on any atom is -0.336 e. The van der Waals surface area contributed by atoms with Gasteiger partial charge in [0.2, 0.25) is 5.91 Å². The number of aromatic nitrogens is 2. The lowest BCUT2D eigenvalue weighted by Gasteiger charge is -2.29. The van der Waals surface area contributed by atoms with Crippen LogP contribution in [0.15, 0.2) is 0 Å². The third-order valence-electron chi connectivity index (χ3n) is 4.49. The minimum atomic E-state index is -3.09. The Hall–Kier alpha value is -1.37. The molecule has 7 heteroatoms. The van der Waals surface area contributed by atoms with Crippen molar-refractivity contribution in [3.8, 4) is 0 Å². The molecule has 1 saturated carbocycles. The van der Waals surface area contributed by atoms with Crippen LogP contribution >= 0.6 is 0 Å². The number of carbonyl (C=O) groups is 1. The van der Waals surface area contributed by atoms with E-state index in [1.807, 2.05) is 32.5 Å². The number of amides is 1. The Morgan fingerprint density at radius 3 is 2.43 bits per heavy atom. The van der Waals surface area contributed by atoms with Crippen LogP contribution in [-0.2, 0) is 28.1 Å². The Balaban J connectivity index is 2.04. The fourth-order valence-corrected chi connectivity index (χ4v) is 4.26. The zero-order chi connectivity index (χ0) is 17.4. The van der Waals surface area contributed by atoms with Crippen LogP contribution in [0.1, 0.15) is 43.1 Å². The summed E-state index contributed by atoms with van der Waals surface area (Å²) in [6.07, 6.45) is 4.23. The maximum absolute atomic E-state index is 12.7. The summed E-state index contributed by atoms with van der Waals surface area (Å²) in [4.78, 5) is 14.5. The lowest BCUT2D eigenvalue weighted by Crippen LogP contribution is -2.43. The fraction of sp³-hybridized carbons (Fsp3) is 0.750. The summed E-state index contributed by atoms with van der Waals surface area (Å²) in [5, 5.41) is 4.38. The highest BCUT2D eigenvalue weighted by Gasteiger charge is 2.36. The molecule has 1 aliphatic carbocycles. The molecule has 0 spiro atoms. The molecule has 1 amide bonds. The van der Waals surface area contributed by atoms with Crippen molar-refractivity contribution in [2.75, 3.05) is 12.0 Å². The van der Waals surface area contributed by atoms with E-state index in [0.29, 0.717) is 12.8 Å². The van der Waals surface area contributed by atoms with Gasteiger partial charge in [-0.1, -0.05) is 0 Å². The van der Waals surface area contributed by atoms with Gasteiger partial charge in [-0.25, -0.2) is 8.42 Å². The summed E-state index contributed by atoms with van der Waals surface area (Å²) < 4.78 is 24.9. The first kappa shape index (κ1) is 18.0. The maximum Gasteiger partial charge on any atom is 0.223 e. The van der Waals surface area contributed by atoms with Crippen molar-refractivity contribution in [3.63, 3.8) is 0 Å². The van der Waals surface area contributed by atoms with Crippen LogP contribution in [0.5, 0.6) is 0 Å². The SMILES string of the molecule is Cc1nn(C)c(C)c1CCC(=O)N(C(C)CS(C)(=O)=O)C1CC1. The van der Waals surface area contributed by atoms with Gasteiger partial charge in [0.25, 0.3) is 0 Å². The van der Waals surface area contributed by atoms with E-state index in [1.54, 1.807) is 4.90 Å². The summed E-state index contributed by atoms with van der Waals surface area (Å²) in [7, 11) is -1.19. The van der Waals surface area contributed by atoms with Crippen molar-refractivity contribution < 1.29 is 13.2 Å². The molecule has 0 bridgehead atoms. The predicted octanol–water partition coefficient (Wildman–Crippen LogP) is 1.39. The number of sulfone groups is 1. The van der Waals surface area contributed by atoms with Gasteiger partial charge in [-0.2, -0.15) is 5.10 Å². The van der Waals surface area contributed by atoms with Crippen molar-refractivity contribution in [2.24, 2.45) is 7.05 Å². The van der Waals surface area contributed by atoms with E-state index in [-0.39, 0.29) is 23.7 Å². The van der Waals surface area contributed by atoms with Crippen molar-refractivity contribution in [3.05, 3.63) is 17.0 Å². The summed E-state index contributed by atoms with van der Waals surface area (Å²) in [6, 6.07) is -0.0450. The summed E-state index contributed by atoms with van der Waals surface area (Å²) in [5.74, 6) is 0.0755. The average molecular weight is 341 g/mol. The monoisotopic (exact) mass is 341 g/mol. The zero-order valence-electron chi connectivity index (χ0n) is 14.7. The normalized spacial score (nSPS) is 16.4. The molecule has 0 aromatic carbocycles. The van der Waals surface area contributed by atoms with Crippen LogP contribution in [0.4, 0.5) is 0 Å². The van der Waals surface area contributed by atoms with Crippen LogP contribution < -0.4 is 0 Å². The van der Waals surface area contributed by atoms with E-state index in [4.69, 9.17) is 0 Å². The molecule has 1 aromatic rings. The highest BCUT2D eigenvalue weighted by atomic mass is 32.2. The van der Waals surface area contributed by atoms with Crippen molar-refractivity contribution >= 4 is 15.7 Å². The highest BCUT2D eigenvalue weighted by Crippen LogP contribution is 2.30. The van der Waals surface area contributed by atoms with Gasteiger partial charge in [-0.3, -0.25) is 9.48 Å². The Morgan fingerprint density at radius 2 is 2.00 bits per heavy atom. The minimum absolute atomic E-state index is 0.0280. The van der Waals surface area contributed by atoms with E-state index in [9.17, 15) is 13.2 Å². The molecule has 1 aromatic heterocycles. The number of hydrogen-bond acceptors (Lipinski definition) is 4. The van der Waals surface area contributed by atoms with Crippen molar-refractivity contribution in [2.45, 2.75) is 58.5 Å². The molecule has 23 heavy (non-hydrogen) atoms. The van der Waals surface area contributed by atoms with Gasteiger partial charge in [-0.15, -0.1) is 0 Å². The van der Waals surface area contributed by atoms with E-state index < -0.39 is 9.84 Å². The second-order valence-electron chi connectivity index (χ2n) is 6.75. The lowest BCUT2D eigenvalue weighted by atomic mass is 10.1. The topological polar surface area (TPSA) is 72.3 Å². The first-order chi connectivity index (χ1) is 10.6. The van der Waals surface area contributed by atoms with Crippen LogP contribution in [0.25, 0.3) is 0 Å². The molecule has 0 saturated heterocycles. The van der Waals surface area contributed by atoms with Gasteiger partial charge in [0, 0.05) is 37.5 Å². The Morgan fingerprint density at radius 1 is 1.39 bits per heavy atom. The molecule has 0 radical (unpaired) electrons. The van der Waals surface area contributed by atoms with Crippen molar-refractivity contribution in [1.29, 1.82) is 0 Å². The summed E-state index contributed by atoms with van der Waals surface area (Å²) in [6.45, 7) is 5.79. The molecule has 0 N–H and O–H groups in total. The third kappa shape index (κ3) is 4.56. The largest absolute Gasteiger partial charge is 0.336 e. The van der Waals surface area contributed by atoms with E-state index >= 15 is 0 Å². The van der Waals surface area contributed by atoms with E-state index in [1.165, 1.54) is 6.26 Å². The number of aryl methyl sites for hydroxylation is 2. The van der Waals surface area contributed by atoms with Gasteiger partial charge in [0.05, 0.1) is 11.4 Å². The number of hydrogen-bond donors (Lipinski definition) is 0. The van der Waals surface area contributed by atoms with Crippen LogP contribution in [0, 0.1) is 13.8 Å². The number of rotatable bonds is 7.